The van der Waals surface area contributed by atoms with Crippen molar-refractivity contribution in [2.24, 2.45) is 0 Å². The van der Waals surface area contributed by atoms with Crippen molar-refractivity contribution in [2.75, 3.05) is 57.7 Å². The molecule has 1 aliphatic heterocycles. The van der Waals surface area contributed by atoms with E-state index in [4.69, 9.17) is 5.84 Å². The SMILES string of the molecule is CN(C)CN1CCN(c2cnn(N)c2)CC1. The van der Waals surface area contributed by atoms with Crippen LogP contribution in [0.25, 0.3) is 0 Å². The van der Waals surface area contributed by atoms with E-state index in [-0.39, 0.29) is 0 Å². The fourth-order valence-corrected chi connectivity index (χ4v) is 2.04. The van der Waals surface area contributed by atoms with Gasteiger partial charge in [-0.3, -0.25) is 9.80 Å². The van der Waals surface area contributed by atoms with Gasteiger partial charge in [0.15, 0.2) is 0 Å². The molecule has 1 aliphatic rings. The smallest absolute Gasteiger partial charge is 0.0775 e. The van der Waals surface area contributed by atoms with Gasteiger partial charge in [-0.15, -0.1) is 0 Å². The van der Waals surface area contributed by atoms with E-state index in [2.05, 4.69) is 33.9 Å². The summed E-state index contributed by atoms with van der Waals surface area (Å²) in [6, 6.07) is 0. The molecule has 6 heteroatoms. The number of nitrogens with two attached hydrogens (primary N) is 1. The van der Waals surface area contributed by atoms with Gasteiger partial charge in [-0.05, 0) is 14.1 Å². The summed E-state index contributed by atoms with van der Waals surface area (Å²) in [5.41, 5.74) is 1.12. The number of piperazine rings is 1. The van der Waals surface area contributed by atoms with Gasteiger partial charge < -0.3 is 10.7 Å². The highest BCUT2D eigenvalue weighted by atomic mass is 15.5. The van der Waals surface area contributed by atoms with E-state index in [1.807, 2.05) is 12.4 Å². The molecule has 1 aromatic rings. The molecule has 90 valence electrons. The van der Waals surface area contributed by atoms with Crippen LogP contribution in [0.2, 0.25) is 0 Å². The van der Waals surface area contributed by atoms with Crippen LogP contribution in [0.4, 0.5) is 5.69 Å². The van der Waals surface area contributed by atoms with Crippen molar-refractivity contribution in [1.82, 2.24) is 19.7 Å². The zero-order valence-corrected chi connectivity index (χ0v) is 10.0. The predicted octanol–water partition coefficient (Wildman–Crippen LogP) is -0.762. The number of nitrogen functional groups attached to an aromatic ring is 1. The van der Waals surface area contributed by atoms with Crippen molar-refractivity contribution in [3.63, 3.8) is 0 Å². The predicted molar refractivity (Wildman–Crippen MR) is 64.7 cm³/mol. The summed E-state index contributed by atoms with van der Waals surface area (Å²) in [4.78, 5) is 8.33. The van der Waals surface area contributed by atoms with E-state index in [1.165, 1.54) is 4.79 Å². The van der Waals surface area contributed by atoms with Crippen molar-refractivity contribution in [1.29, 1.82) is 0 Å². The molecule has 1 fully saturated rings. The number of aromatic nitrogens is 2. The van der Waals surface area contributed by atoms with Crippen LogP contribution in [0, 0.1) is 0 Å². The molecule has 0 amide bonds. The van der Waals surface area contributed by atoms with Crippen molar-refractivity contribution in [3.05, 3.63) is 12.4 Å². The summed E-state index contributed by atoms with van der Waals surface area (Å²) >= 11 is 0. The lowest BCUT2D eigenvalue weighted by molar-refractivity contribution is 0.168. The Morgan fingerprint density at radius 1 is 1.31 bits per heavy atom. The van der Waals surface area contributed by atoms with E-state index in [0.29, 0.717) is 0 Å². The summed E-state index contributed by atoms with van der Waals surface area (Å²) in [6.07, 6.45) is 3.68. The second-order valence-corrected chi connectivity index (χ2v) is 4.50. The zero-order valence-electron chi connectivity index (χ0n) is 10.0. The number of nitrogens with zero attached hydrogens (tertiary/aromatic N) is 5. The van der Waals surface area contributed by atoms with Crippen LogP contribution in [0.5, 0.6) is 0 Å². The van der Waals surface area contributed by atoms with Crippen LogP contribution in [0.1, 0.15) is 0 Å². The molecule has 16 heavy (non-hydrogen) atoms. The van der Waals surface area contributed by atoms with Gasteiger partial charge in [0, 0.05) is 26.2 Å². The van der Waals surface area contributed by atoms with Gasteiger partial charge in [-0.1, -0.05) is 0 Å². The van der Waals surface area contributed by atoms with Gasteiger partial charge in [0.25, 0.3) is 0 Å². The Hall–Kier alpha value is -1.27. The Balaban J connectivity index is 1.85. The van der Waals surface area contributed by atoms with Gasteiger partial charge in [0.05, 0.1) is 24.7 Å². The number of rotatable bonds is 3. The largest absolute Gasteiger partial charge is 0.366 e. The van der Waals surface area contributed by atoms with Gasteiger partial charge in [0.2, 0.25) is 0 Å². The van der Waals surface area contributed by atoms with Gasteiger partial charge in [-0.25, -0.2) is 0 Å². The molecule has 0 radical (unpaired) electrons. The third-order valence-electron chi connectivity index (χ3n) is 2.81. The van der Waals surface area contributed by atoms with Crippen LogP contribution in [-0.2, 0) is 0 Å². The summed E-state index contributed by atoms with van der Waals surface area (Å²) in [7, 11) is 4.20. The zero-order chi connectivity index (χ0) is 11.5. The van der Waals surface area contributed by atoms with Gasteiger partial charge >= 0.3 is 0 Å². The second-order valence-electron chi connectivity index (χ2n) is 4.50. The maximum absolute atomic E-state index is 5.54. The fourth-order valence-electron chi connectivity index (χ4n) is 2.04. The molecule has 0 saturated carbocycles. The molecule has 0 unspecified atom stereocenters. The number of hydrogen-bond donors (Lipinski definition) is 1. The maximum atomic E-state index is 5.54. The molecule has 0 aromatic carbocycles. The summed E-state index contributed by atoms with van der Waals surface area (Å²) < 4.78 is 0. The Bertz CT molecular complexity index is 326. The molecule has 1 aromatic heterocycles. The van der Waals surface area contributed by atoms with Crippen molar-refractivity contribution in [2.45, 2.75) is 0 Å². The average Bonchev–Trinajstić information content (AvgIpc) is 2.65. The first kappa shape index (κ1) is 11.2. The third-order valence-corrected chi connectivity index (χ3v) is 2.81. The lowest BCUT2D eigenvalue weighted by Crippen LogP contribution is -2.48. The first-order valence-corrected chi connectivity index (χ1v) is 5.57. The lowest BCUT2D eigenvalue weighted by Gasteiger charge is -2.36. The molecule has 0 atom stereocenters. The highest BCUT2D eigenvalue weighted by Gasteiger charge is 2.18. The van der Waals surface area contributed by atoms with Crippen LogP contribution < -0.4 is 10.7 Å². The number of hydrogen-bond acceptors (Lipinski definition) is 5. The van der Waals surface area contributed by atoms with E-state index < -0.39 is 0 Å². The molecule has 1 saturated heterocycles. The van der Waals surface area contributed by atoms with E-state index in [9.17, 15) is 0 Å². The van der Waals surface area contributed by atoms with Crippen molar-refractivity contribution < 1.29 is 0 Å². The van der Waals surface area contributed by atoms with E-state index >= 15 is 0 Å². The minimum Gasteiger partial charge on any atom is -0.366 e. The maximum Gasteiger partial charge on any atom is 0.0775 e. The standard InChI is InChI=1S/C10H20N6/c1-13(2)9-14-3-5-15(6-4-14)10-7-12-16(11)8-10/h7-8H,3-6,9,11H2,1-2H3. The summed E-state index contributed by atoms with van der Waals surface area (Å²) in [5, 5.41) is 3.99. The summed E-state index contributed by atoms with van der Waals surface area (Å²) in [5.74, 6) is 5.54. The van der Waals surface area contributed by atoms with Gasteiger partial charge in [-0.2, -0.15) is 9.89 Å². The molecule has 0 spiro atoms. The molecular formula is C10H20N6. The molecule has 6 nitrogen and oxygen atoms in total. The molecular weight excluding hydrogens is 204 g/mol. The van der Waals surface area contributed by atoms with Crippen LogP contribution in [-0.4, -0.2) is 66.6 Å². The first-order valence-electron chi connectivity index (χ1n) is 5.57. The minimum absolute atomic E-state index is 1.03. The quantitative estimate of drug-likeness (QED) is 0.684. The molecule has 2 rings (SSSR count). The first-order chi connectivity index (χ1) is 7.65. The normalized spacial score (nSPS) is 18.3. The molecule has 0 aliphatic carbocycles. The average molecular weight is 224 g/mol. The summed E-state index contributed by atoms with van der Waals surface area (Å²) in [6.45, 7) is 5.30. The fraction of sp³-hybridized carbons (Fsp3) is 0.700. The Morgan fingerprint density at radius 3 is 2.50 bits per heavy atom. The van der Waals surface area contributed by atoms with Gasteiger partial charge in [0.1, 0.15) is 0 Å². The molecule has 2 N–H and O–H groups in total. The lowest BCUT2D eigenvalue weighted by atomic mass is 10.3. The van der Waals surface area contributed by atoms with Crippen molar-refractivity contribution >= 4 is 5.69 Å². The number of anilines is 1. The second kappa shape index (κ2) is 4.71. The Kier molecular flexibility index (Phi) is 3.31. The molecule has 0 bridgehead atoms. The van der Waals surface area contributed by atoms with Crippen molar-refractivity contribution in [3.8, 4) is 0 Å². The highest BCUT2D eigenvalue weighted by molar-refractivity contribution is 5.42. The highest BCUT2D eigenvalue weighted by Crippen LogP contribution is 2.14. The van der Waals surface area contributed by atoms with E-state index in [0.717, 1.165) is 38.5 Å². The minimum atomic E-state index is 1.03. The Labute approximate surface area is 96.2 Å². The van der Waals surface area contributed by atoms with Crippen LogP contribution in [0.15, 0.2) is 12.4 Å². The van der Waals surface area contributed by atoms with E-state index in [1.54, 1.807) is 0 Å². The Morgan fingerprint density at radius 2 is 2.00 bits per heavy atom. The third kappa shape index (κ3) is 2.65. The van der Waals surface area contributed by atoms with Crippen LogP contribution in [0.3, 0.4) is 0 Å². The molecule has 2 heterocycles. The monoisotopic (exact) mass is 224 g/mol. The van der Waals surface area contributed by atoms with Crippen LogP contribution >= 0.6 is 0 Å². The topological polar surface area (TPSA) is 53.6 Å².